The van der Waals surface area contributed by atoms with Crippen LogP contribution in [0.4, 0.5) is 0 Å². The molecule has 0 spiro atoms. The van der Waals surface area contributed by atoms with Crippen LogP contribution in [0.25, 0.3) is 0 Å². The van der Waals surface area contributed by atoms with E-state index in [4.69, 9.17) is 11.6 Å². The normalized spacial score (nSPS) is 24.3. The third-order valence-electron chi connectivity index (χ3n) is 2.13. The Labute approximate surface area is 70.9 Å². The van der Waals surface area contributed by atoms with Crippen molar-refractivity contribution in [1.29, 1.82) is 0 Å². The van der Waals surface area contributed by atoms with E-state index in [2.05, 4.69) is 10.3 Å². The minimum absolute atomic E-state index is 0.456. The van der Waals surface area contributed by atoms with Crippen molar-refractivity contribution in [2.75, 3.05) is 6.54 Å². The topological polar surface area (TPSA) is 27.8 Å². The summed E-state index contributed by atoms with van der Waals surface area (Å²) in [5.41, 5.74) is 1.14. The quantitative estimate of drug-likeness (QED) is 0.664. The summed E-state index contributed by atoms with van der Waals surface area (Å²) in [6.07, 6.45) is 4.33. The van der Waals surface area contributed by atoms with E-state index in [1.807, 2.05) is 12.3 Å². The van der Waals surface area contributed by atoms with Crippen LogP contribution in [-0.4, -0.2) is 11.5 Å². The molecule has 1 aromatic heterocycles. The van der Waals surface area contributed by atoms with Crippen molar-refractivity contribution in [2.24, 2.45) is 0 Å². The Kier molecular flexibility index (Phi) is 1.88. The maximum atomic E-state index is 5.95. The van der Waals surface area contributed by atoms with Crippen LogP contribution in [0.2, 0.25) is 5.02 Å². The molecule has 2 N–H and O–H groups in total. The average molecular weight is 171 g/mol. The van der Waals surface area contributed by atoms with Crippen LogP contribution in [0.3, 0.4) is 0 Å². The fourth-order valence-electron chi connectivity index (χ4n) is 1.56. The summed E-state index contributed by atoms with van der Waals surface area (Å²) in [7, 11) is 0. The maximum absolute atomic E-state index is 5.95. The van der Waals surface area contributed by atoms with Crippen LogP contribution in [0, 0.1) is 0 Å². The number of rotatable bonds is 1. The lowest BCUT2D eigenvalue weighted by Crippen LogP contribution is -2.13. The Bertz CT molecular complexity index is 238. The summed E-state index contributed by atoms with van der Waals surface area (Å²) < 4.78 is 0. The van der Waals surface area contributed by atoms with Gasteiger partial charge >= 0.3 is 0 Å². The van der Waals surface area contributed by atoms with Gasteiger partial charge in [-0.25, -0.2) is 0 Å². The lowest BCUT2D eigenvalue weighted by atomic mass is 10.2. The number of hydrogen-bond donors (Lipinski definition) is 2. The molecule has 1 aliphatic rings. The Hall–Kier alpha value is -0.470. The zero-order valence-electron chi connectivity index (χ0n) is 6.23. The largest absolute Gasteiger partial charge is 0.362 e. The molecular weight excluding hydrogens is 160 g/mol. The van der Waals surface area contributed by atoms with Crippen LogP contribution in [0.1, 0.15) is 24.6 Å². The lowest BCUT2D eigenvalue weighted by molar-refractivity contribution is 0.632. The van der Waals surface area contributed by atoms with Gasteiger partial charge in [-0.3, -0.25) is 0 Å². The number of aromatic amines is 1. The Morgan fingerprint density at radius 2 is 2.45 bits per heavy atom. The van der Waals surface area contributed by atoms with E-state index in [0.717, 1.165) is 17.3 Å². The predicted octanol–water partition coefficient (Wildman–Crippen LogP) is 2.09. The summed E-state index contributed by atoms with van der Waals surface area (Å²) in [4.78, 5) is 3.15. The average Bonchev–Trinajstić information content (AvgIpc) is 2.55. The van der Waals surface area contributed by atoms with Gasteiger partial charge in [0.25, 0.3) is 0 Å². The predicted molar refractivity (Wildman–Crippen MR) is 45.8 cm³/mol. The molecule has 1 fully saturated rings. The summed E-state index contributed by atoms with van der Waals surface area (Å²) >= 11 is 5.95. The second-order valence-corrected chi connectivity index (χ2v) is 3.30. The van der Waals surface area contributed by atoms with Crippen molar-refractivity contribution >= 4 is 11.6 Å². The highest BCUT2D eigenvalue weighted by molar-refractivity contribution is 6.31. The zero-order valence-corrected chi connectivity index (χ0v) is 6.99. The first kappa shape index (κ1) is 7.19. The summed E-state index contributed by atoms with van der Waals surface area (Å²) in [5.74, 6) is 0. The standard InChI is InChI=1S/C8H11ClN2/c9-6-3-5-11-8(6)7-2-1-4-10-7/h3,5,7,10-11H,1-2,4H2/t7-/m0/s1. The highest BCUT2D eigenvalue weighted by Gasteiger charge is 2.18. The summed E-state index contributed by atoms with van der Waals surface area (Å²) in [6.45, 7) is 1.11. The van der Waals surface area contributed by atoms with Gasteiger partial charge in [0.1, 0.15) is 0 Å². The molecule has 2 heterocycles. The molecule has 2 nitrogen and oxygen atoms in total. The van der Waals surface area contributed by atoms with Crippen molar-refractivity contribution < 1.29 is 0 Å². The summed E-state index contributed by atoms with van der Waals surface area (Å²) in [6, 6.07) is 2.36. The number of hydrogen-bond acceptors (Lipinski definition) is 1. The minimum atomic E-state index is 0.456. The SMILES string of the molecule is Clc1cc[nH]c1[C@@H]1CCCN1. The number of halogens is 1. The van der Waals surface area contributed by atoms with E-state index < -0.39 is 0 Å². The molecule has 0 aromatic carbocycles. The first-order valence-corrected chi connectivity index (χ1v) is 4.32. The fourth-order valence-corrected chi connectivity index (χ4v) is 1.81. The van der Waals surface area contributed by atoms with E-state index >= 15 is 0 Å². The molecule has 1 saturated heterocycles. The second-order valence-electron chi connectivity index (χ2n) is 2.89. The molecule has 0 unspecified atom stereocenters. The molecule has 1 aromatic rings. The Morgan fingerprint density at radius 1 is 1.55 bits per heavy atom. The van der Waals surface area contributed by atoms with Crippen LogP contribution in [-0.2, 0) is 0 Å². The van der Waals surface area contributed by atoms with Crippen LogP contribution < -0.4 is 5.32 Å². The molecule has 60 valence electrons. The smallest absolute Gasteiger partial charge is 0.0629 e. The van der Waals surface area contributed by atoms with Gasteiger partial charge in [-0.15, -0.1) is 0 Å². The Balaban J connectivity index is 2.21. The molecule has 3 heteroatoms. The van der Waals surface area contributed by atoms with Gasteiger partial charge in [-0.1, -0.05) is 11.6 Å². The van der Waals surface area contributed by atoms with Crippen LogP contribution >= 0.6 is 11.6 Å². The highest BCUT2D eigenvalue weighted by Crippen LogP contribution is 2.27. The van der Waals surface area contributed by atoms with E-state index in [0.29, 0.717) is 6.04 Å². The third kappa shape index (κ3) is 1.28. The van der Waals surface area contributed by atoms with Gasteiger partial charge in [0.15, 0.2) is 0 Å². The molecule has 0 saturated carbocycles. The van der Waals surface area contributed by atoms with Gasteiger partial charge in [-0.2, -0.15) is 0 Å². The minimum Gasteiger partial charge on any atom is -0.362 e. The second kappa shape index (κ2) is 2.88. The van der Waals surface area contributed by atoms with E-state index in [1.54, 1.807) is 0 Å². The molecule has 0 amide bonds. The van der Waals surface area contributed by atoms with Gasteiger partial charge in [-0.05, 0) is 25.5 Å². The van der Waals surface area contributed by atoms with E-state index in [1.165, 1.54) is 12.8 Å². The number of nitrogens with one attached hydrogen (secondary N) is 2. The lowest BCUT2D eigenvalue weighted by Gasteiger charge is -2.07. The van der Waals surface area contributed by atoms with Gasteiger partial charge in [0, 0.05) is 12.2 Å². The number of H-pyrrole nitrogens is 1. The summed E-state index contributed by atoms with van der Waals surface area (Å²) in [5, 5.41) is 4.24. The molecule has 1 aliphatic heterocycles. The van der Waals surface area contributed by atoms with Gasteiger partial charge < -0.3 is 10.3 Å². The third-order valence-corrected chi connectivity index (χ3v) is 2.46. The molecular formula is C8H11ClN2. The molecule has 1 atom stereocenters. The zero-order chi connectivity index (χ0) is 7.68. The first-order chi connectivity index (χ1) is 5.38. The molecule has 11 heavy (non-hydrogen) atoms. The van der Waals surface area contributed by atoms with E-state index in [-0.39, 0.29) is 0 Å². The monoisotopic (exact) mass is 170 g/mol. The van der Waals surface area contributed by atoms with Crippen molar-refractivity contribution in [1.82, 2.24) is 10.3 Å². The Morgan fingerprint density at radius 3 is 3.00 bits per heavy atom. The van der Waals surface area contributed by atoms with Crippen LogP contribution in [0.15, 0.2) is 12.3 Å². The van der Waals surface area contributed by atoms with Crippen LogP contribution in [0.5, 0.6) is 0 Å². The molecule has 0 aliphatic carbocycles. The van der Waals surface area contributed by atoms with E-state index in [9.17, 15) is 0 Å². The van der Waals surface area contributed by atoms with Crippen molar-refractivity contribution in [3.05, 3.63) is 23.0 Å². The highest BCUT2D eigenvalue weighted by atomic mass is 35.5. The first-order valence-electron chi connectivity index (χ1n) is 3.94. The maximum Gasteiger partial charge on any atom is 0.0629 e. The van der Waals surface area contributed by atoms with Crippen molar-refractivity contribution in [3.63, 3.8) is 0 Å². The molecule has 2 rings (SSSR count). The van der Waals surface area contributed by atoms with Gasteiger partial charge in [0.05, 0.1) is 10.7 Å². The fraction of sp³-hybridized carbons (Fsp3) is 0.500. The molecule has 0 bridgehead atoms. The molecule has 0 radical (unpaired) electrons. The van der Waals surface area contributed by atoms with Gasteiger partial charge in [0.2, 0.25) is 0 Å². The van der Waals surface area contributed by atoms with Crippen molar-refractivity contribution in [3.8, 4) is 0 Å². The van der Waals surface area contributed by atoms with Crippen molar-refractivity contribution in [2.45, 2.75) is 18.9 Å². The number of aromatic nitrogens is 1.